The number of amides is 2. The van der Waals surface area contributed by atoms with Gasteiger partial charge in [0.2, 0.25) is 0 Å². The van der Waals surface area contributed by atoms with Crippen molar-refractivity contribution < 1.29 is 23.9 Å². The van der Waals surface area contributed by atoms with Crippen LogP contribution in [0.25, 0.3) is 5.69 Å². The van der Waals surface area contributed by atoms with Crippen molar-refractivity contribution in [1.29, 1.82) is 0 Å². The summed E-state index contributed by atoms with van der Waals surface area (Å²) in [5.41, 5.74) is 3.55. The van der Waals surface area contributed by atoms with E-state index in [1.807, 2.05) is 65.8 Å². The van der Waals surface area contributed by atoms with Gasteiger partial charge in [-0.1, -0.05) is 17.7 Å². The zero-order chi connectivity index (χ0) is 25.0. The average Bonchev–Trinajstić information content (AvgIpc) is 3.05. The lowest BCUT2D eigenvalue weighted by molar-refractivity contribution is -0.153. The van der Waals surface area contributed by atoms with Crippen LogP contribution in [0, 0.1) is 26.7 Å². The first-order valence-electron chi connectivity index (χ1n) is 11.5. The summed E-state index contributed by atoms with van der Waals surface area (Å²) in [6.07, 6.45) is 0.568. The first-order chi connectivity index (χ1) is 15.9. The van der Waals surface area contributed by atoms with Gasteiger partial charge in [0.1, 0.15) is 5.60 Å². The molecule has 0 bridgehead atoms. The summed E-state index contributed by atoms with van der Waals surface area (Å²) in [7, 11) is 0. The highest BCUT2D eigenvalue weighted by Crippen LogP contribution is 2.24. The number of carbonyl (C=O) groups excluding carboxylic acids is 3. The van der Waals surface area contributed by atoms with Crippen LogP contribution in [0.2, 0.25) is 0 Å². The van der Waals surface area contributed by atoms with Crippen molar-refractivity contribution >= 4 is 23.7 Å². The van der Waals surface area contributed by atoms with Gasteiger partial charge in [-0.2, -0.15) is 5.10 Å². The van der Waals surface area contributed by atoms with Crippen molar-refractivity contribution in [2.75, 3.05) is 25.0 Å². The molecule has 0 aliphatic carbocycles. The Bertz CT molecular complexity index is 1040. The molecule has 1 N–H and O–H groups in total. The third-order valence-corrected chi connectivity index (χ3v) is 5.66. The molecule has 0 unspecified atom stereocenters. The first-order valence-corrected chi connectivity index (χ1v) is 11.5. The number of likely N-dealkylation sites (tertiary alicyclic amines) is 1. The van der Waals surface area contributed by atoms with Crippen molar-refractivity contribution in [1.82, 2.24) is 14.7 Å². The van der Waals surface area contributed by atoms with Crippen molar-refractivity contribution in [3.05, 3.63) is 41.2 Å². The standard InChI is InChI=1S/C25H34N4O5/c1-16-7-9-20(10-8-16)29-18(3)22(17(2)27-29)26-21(30)15-33-23(31)19-11-13-28(14-12-19)24(32)34-25(4,5)6/h7-10,19H,11-15H2,1-6H3,(H,26,30). The number of aryl methyl sites for hydroxylation is 2. The van der Waals surface area contributed by atoms with Crippen LogP contribution in [0.1, 0.15) is 50.6 Å². The minimum absolute atomic E-state index is 0.348. The molecule has 0 radical (unpaired) electrons. The monoisotopic (exact) mass is 470 g/mol. The van der Waals surface area contributed by atoms with Crippen molar-refractivity contribution in [3.63, 3.8) is 0 Å². The normalized spacial score (nSPS) is 14.6. The van der Waals surface area contributed by atoms with Crippen LogP contribution in [0.15, 0.2) is 24.3 Å². The van der Waals surface area contributed by atoms with Crippen LogP contribution in [0.5, 0.6) is 0 Å². The topological polar surface area (TPSA) is 103 Å². The average molecular weight is 471 g/mol. The Morgan fingerprint density at radius 3 is 2.26 bits per heavy atom. The molecule has 3 rings (SSSR count). The highest BCUT2D eigenvalue weighted by Gasteiger charge is 2.31. The highest BCUT2D eigenvalue weighted by atomic mass is 16.6. The van der Waals surface area contributed by atoms with Gasteiger partial charge in [-0.05, 0) is 66.5 Å². The SMILES string of the molecule is Cc1ccc(-n2nc(C)c(NC(=O)COC(=O)C3CCN(C(=O)OC(C)(C)C)CC3)c2C)cc1. The lowest BCUT2D eigenvalue weighted by Crippen LogP contribution is -2.43. The second-order valence-electron chi connectivity index (χ2n) is 9.69. The van der Waals surface area contributed by atoms with Crippen LogP contribution in [-0.2, 0) is 19.1 Å². The van der Waals surface area contributed by atoms with E-state index in [1.54, 1.807) is 9.58 Å². The van der Waals surface area contributed by atoms with E-state index in [0.29, 0.717) is 37.3 Å². The zero-order valence-corrected chi connectivity index (χ0v) is 20.8. The lowest BCUT2D eigenvalue weighted by atomic mass is 9.97. The third kappa shape index (κ3) is 6.36. The number of hydrogen-bond acceptors (Lipinski definition) is 6. The Hall–Kier alpha value is -3.36. The molecule has 1 aliphatic heterocycles. The Labute approximate surface area is 200 Å². The highest BCUT2D eigenvalue weighted by molar-refractivity contribution is 5.94. The third-order valence-electron chi connectivity index (χ3n) is 5.66. The van der Waals surface area contributed by atoms with Crippen molar-refractivity contribution in [2.45, 2.75) is 60.0 Å². The summed E-state index contributed by atoms with van der Waals surface area (Å²) in [6, 6.07) is 7.94. The maximum absolute atomic E-state index is 12.5. The van der Waals surface area contributed by atoms with E-state index < -0.39 is 17.5 Å². The van der Waals surface area contributed by atoms with E-state index in [9.17, 15) is 14.4 Å². The molecule has 9 heteroatoms. The van der Waals surface area contributed by atoms with Gasteiger partial charge in [0, 0.05) is 13.1 Å². The number of esters is 1. The molecule has 0 atom stereocenters. The number of anilines is 1. The molecule has 0 saturated carbocycles. The van der Waals surface area contributed by atoms with Gasteiger partial charge >= 0.3 is 12.1 Å². The molecule has 2 heterocycles. The van der Waals surface area contributed by atoms with E-state index in [2.05, 4.69) is 10.4 Å². The molecule has 1 aliphatic rings. The Kier molecular flexibility index (Phi) is 7.64. The van der Waals surface area contributed by atoms with Crippen molar-refractivity contribution in [3.8, 4) is 5.69 Å². The van der Waals surface area contributed by atoms with Gasteiger partial charge in [0.15, 0.2) is 6.61 Å². The quantitative estimate of drug-likeness (QED) is 0.665. The summed E-state index contributed by atoms with van der Waals surface area (Å²) in [5, 5.41) is 7.34. The second-order valence-corrected chi connectivity index (χ2v) is 9.69. The molecule has 9 nitrogen and oxygen atoms in total. The molecule has 2 amide bonds. The number of benzene rings is 1. The minimum atomic E-state index is -0.562. The fourth-order valence-electron chi connectivity index (χ4n) is 3.82. The predicted octanol–water partition coefficient (Wildman–Crippen LogP) is 3.93. The summed E-state index contributed by atoms with van der Waals surface area (Å²) < 4.78 is 12.4. The van der Waals surface area contributed by atoms with Gasteiger partial charge in [0.05, 0.1) is 28.7 Å². The van der Waals surface area contributed by atoms with Gasteiger partial charge in [-0.25, -0.2) is 9.48 Å². The number of piperidine rings is 1. The van der Waals surface area contributed by atoms with E-state index in [0.717, 1.165) is 16.9 Å². The number of carbonyl (C=O) groups is 3. The molecule has 1 aromatic carbocycles. The Balaban J connectivity index is 1.50. The fourth-order valence-corrected chi connectivity index (χ4v) is 3.82. The summed E-state index contributed by atoms with van der Waals surface area (Å²) in [6.45, 7) is 11.6. The van der Waals surface area contributed by atoms with E-state index in [4.69, 9.17) is 9.47 Å². The number of nitrogens with zero attached hydrogens (tertiary/aromatic N) is 3. The summed E-state index contributed by atoms with van der Waals surface area (Å²) in [5.74, 6) is -1.20. The summed E-state index contributed by atoms with van der Waals surface area (Å²) in [4.78, 5) is 38.7. The minimum Gasteiger partial charge on any atom is -0.455 e. The Morgan fingerprint density at radius 2 is 1.68 bits per heavy atom. The predicted molar refractivity (Wildman–Crippen MR) is 128 cm³/mol. The van der Waals surface area contributed by atoms with Gasteiger partial charge in [-0.3, -0.25) is 9.59 Å². The van der Waals surface area contributed by atoms with E-state index >= 15 is 0 Å². The van der Waals surface area contributed by atoms with Gasteiger partial charge < -0.3 is 19.7 Å². The summed E-state index contributed by atoms with van der Waals surface area (Å²) >= 11 is 0. The first kappa shape index (κ1) is 25.3. The fraction of sp³-hybridized carbons (Fsp3) is 0.520. The number of hydrogen-bond donors (Lipinski definition) is 1. The molecular formula is C25H34N4O5. The maximum Gasteiger partial charge on any atom is 0.410 e. The van der Waals surface area contributed by atoms with E-state index in [-0.39, 0.29) is 18.6 Å². The van der Waals surface area contributed by atoms with Crippen molar-refractivity contribution in [2.24, 2.45) is 5.92 Å². The zero-order valence-electron chi connectivity index (χ0n) is 20.8. The van der Waals surface area contributed by atoms with Crippen LogP contribution in [0.3, 0.4) is 0 Å². The maximum atomic E-state index is 12.5. The van der Waals surface area contributed by atoms with Crippen LogP contribution < -0.4 is 5.32 Å². The molecule has 0 spiro atoms. The van der Waals surface area contributed by atoms with Crippen LogP contribution in [0.4, 0.5) is 10.5 Å². The largest absolute Gasteiger partial charge is 0.455 e. The smallest absolute Gasteiger partial charge is 0.410 e. The number of aromatic nitrogens is 2. The number of nitrogens with one attached hydrogen (secondary N) is 1. The van der Waals surface area contributed by atoms with E-state index in [1.165, 1.54) is 0 Å². The molecule has 1 aromatic heterocycles. The number of ether oxygens (including phenoxy) is 2. The molecule has 34 heavy (non-hydrogen) atoms. The second kappa shape index (κ2) is 10.3. The van der Waals surface area contributed by atoms with Crippen LogP contribution >= 0.6 is 0 Å². The lowest BCUT2D eigenvalue weighted by Gasteiger charge is -2.32. The van der Waals surface area contributed by atoms with Crippen LogP contribution in [-0.4, -0.2) is 57.9 Å². The molecule has 184 valence electrons. The molecular weight excluding hydrogens is 436 g/mol. The number of rotatable bonds is 5. The molecule has 1 saturated heterocycles. The van der Waals surface area contributed by atoms with Gasteiger partial charge in [0.25, 0.3) is 5.91 Å². The van der Waals surface area contributed by atoms with Gasteiger partial charge in [-0.15, -0.1) is 0 Å². The molecule has 1 fully saturated rings. The Morgan fingerprint density at radius 1 is 1.06 bits per heavy atom. The molecule has 2 aromatic rings.